The van der Waals surface area contributed by atoms with E-state index in [9.17, 15) is 4.79 Å². The number of hydrogen-bond acceptors (Lipinski definition) is 5. The van der Waals surface area contributed by atoms with Crippen molar-refractivity contribution in [2.24, 2.45) is 0 Å². The fraction of sp³-hybridized carbons (Fsp3) is 0.200. The molecule has 0 radical (unpaired) electrons. The molecule has 5 heteroatoms. The fourth-order valence-electron chi connectivity index (χ4n) is 2.51. The van der Waals surface area contributed by atoms with Crippen LogP contribution in [0.5, 0.6) is 5.75 Å². The zero-order chi connectivity index (χ0) is 17.6. The maximum absolute atomic E-state index is 12.1. The molecule has 0 saturated carbocycles. The van der Waals surface area contributed by atoms with Gasteiger partial charge in [-0.1, -0.05) is 48.0 Å². The van der Waals surface area contributed by atoms with E-state index in [1.54, 1.807) is 13.3 Å². The molecule has 3 aromatic rings. The average molecular weight is 337 g/mol. The van der Waals surface area contributed by atoms with Crippen LogP contribution in [-0.2, 0) is 22.6 Å². The van der Waals surface area contributed by atoms with Crippen LogP contribution in [-0.4, -0.2) is 18.1 Å². The molecule has 0 aliphatic rings. The highest BCUT2D eigenvalue weighted by Gasteiger charge is 2.12. The van der Waals surface area contributed by atoms with Gasteiger partial charge in [-0.2, -0.15) is 0 Å². The number of aromatic nitrogens is 1. The summed E-state index contributed by atoms with van der Waals surface area (Å²) >= 11 is 0. The molecular formula is C20H19NO4. The second-order valence-electron chi connectivity index (χ2n) is 5.64. The maximum atomic E-state index is 12.1. The molecule has 1 aromatic heterocycles. The molecule has 0 amide bonds. The minimum absolute atomic E-state index is 0.000200. The molecule has 2 aromatic carbocycles. The maximum Gasteiger partial charge on any atom is 0.310 e. The van der Waals surface area contributed by atoms with Crippen LogP contribution in [0.3, 0.4) is 0 Å². The quantitative estimate of drug-likeness (QED) is 0.638. The van der Waals surface area contributed by atoms with Crippen LogP contribution < -0.4 is 4.74 Å². The number of esters is 1. The summed E-state index contributed by atoms with van der Waals surface area (Å²) in [6.07, 6.45) is 1.76. The minimum atomic E-state index is -0.358. The smallest absolute Gasteiger partial charge is 0.310 e. The molecule has 0 fully saturated rings. The summed E-state index contributed by atoms with van der Waals surface area (Å²) in [4.78, 5) is 16.2. The standard InChI is InChI=1S/C20H19NO4/c1-14-8-9-17(23-2)16(10-14)11-20(22)24-13-19-21-12-18(25-19)15-6-4-3-5-7-15/h3-10,12H,11,13H2,1-2H3. The zero-order valence-electron chi connectivity index (χ0n) is 14.2. The molecule has 3 rings (SSSR count). The Labute approximate surface area is 146 Å². The molecule has 0 N–H and O–H groups in total. The lowest BCUT2D eigenvalue weighted by atomic mass is 10.1. The number of hydrogen-bond donors (Lipinski definition) is 0. The van der Waals surface area contributed by atoms with Crippen molar-refractivity contribution in [3.05, 3.63) is 71.7 Å². The highest BCUT2D eigenvalue weighted by atomic mass is 16.5. The van der Waals surface area contributed by atoms with Gasteiger partial charge in [-0.05, 0) is 13.0 Å². The predicted molar refractivity (Wildman–Crippen MR) is 93.2 cm³/mol. The van der Waals surface area contributed by atoms with E-state index in [0.29, 0.717) is 17.4 Å². The average Bonchev–Trinajstić information content (AvgIpc) is 3.10. The largest absolute Gasteiger partial charge is 0.496 e. The van der Waals surface area contributed by atoms with Crippen LogP contribution >= 0.6 is 0 Å². The number of carbonyl (C=O) groups excluding carboxylic acids is 1. The second kappa shape index (κ2) is 7.66. The van der Waals surface area contributed by atoms with Crippen molar-refractivity contribution in [3.8, 4) is 17.1 Å². The van der Waals surface area contributed by atoms with Crippen molar-refractivity contribution in [1.82, 2.24) is 4.98 Å². The molecule has 25 heavy (non-hydrogen) atoms. The molecule has 0 aliphatic heterocycles. The highest BCUT2D eigenvalue weighted by molar-refractivity contribution is 5.73. The summed E-state index contributed by atoms with van der Waals surface area (Å²) in [5.41, 5.74) is 2.78. The van der Waals surface area contributed by atoms with Gasteiger partial charge in [-0.25, -0.2) is 4.98 Å². The van der Waals surface area contributed by atoms with Crippen molar-refractivity contribution >= 4 is 5.97 Å². The van der Waals surface area contributed by atoms with Gasteiger partial charge < -0.3 is 13.9 Å². The number of benzene rings is 2. The van der Waals surface area contributed by atoms with Gasteiger partial charge >= 0.3 is 5.97 Å². The summed E-state index contributed by atoms with van der Waals surface area (Å²) in [6.45, 7) is 1.96. The van der Waals surface area contributed by atoms with Gasteiger partial charge in [0, 0.05) is 11.1 Å². The first-order valence-corrected chi connectivity index (χ1v) is 7.95. The van der Waals surface area contributed by atoms with Crippen molar-refractivity contribution in [1.29, 1.82) is 0 Å². The Hall–Kier alpha value is -3.08. The molecule has 0 bridgehead atoms. The fourth-order valence-corrected chi connectivity index (χ4v) is 2.51. The van der Waals surface area contributed by atoms with Gasteiger partial charge in [0.1, 0.15) is 5.75 Å². The Morgan fingerprint density at radius 2 is 1.96 bits per heavy atom. The first kappa shape index (κ1) is 16.8. The van der Waals surface area contributed by atoms with E-state index in [2.05, 4.69) is 4.98 Å². The number of rotatable bonds is 6. The number of oxazole rings is 1. The third-order valence-electron chi connectivity index (χ3n) is 3.74. The van der Waals surface area contributed by atoms with Crippen LogP contribution in [0.1, 0.15) is 17.0 Å². The SMILES string of the molecule is COc1ccc(C)cc1CC(=O)OCc1ncc(-c2ccccc2)o1. The third kappa shape index (κ3) is 4.26. The lowest BCUT2D eigenvalue weighted by molar-refractivity contribution is -0.144. The third-order valence-corrected chi connectivity index (χ3v) is 3.74. The zero-order valence-corrected chi connectivity index (χ0v) is 14.2. The molecule has 0 unspecified atom stereocenters. The molecule has 0 spiro atoms. The summed E-state index contributed by atoms with van der Waals surface area (Å²) in [7, 11) is 1.58. The Kier molecular flexibility index (Phi) is 5.14. The van der Waals surface area contributed by atoms with Gasteiger partial charge in [-0.3, -0.25) is 4.79 Å². The van der Waals surface area contributed by atoms with Crippen LogP contribution in [0.25, 0.3) is 11.3 Å². The molecule has 0 aliphatic carbocycles. The number of methoxy groups -OCH3 is 1. The number of carbonyl (C=O) groups is 1. The second-order valence-corrected chi connectivity index (χ2v) is 5.64. The van der Waals surface area contributed by atoms with Crippen molar-refractivity contribution in [3.63, 3.8) is 0 Å². The van der Waals surface area contributed by atoms with Gasteiger partial charge in [-0.15, -0.1) is 0 Å². The summed E-state index contributed by atoms with van der Waals surface area (Å²) in [5.74, 6) is 1.32. The minimum Gasteiger partial charge on any atom is -0.496 e. The number of aryl methyl sites for hydroxylation is 1. The van der Waals surface area contributed by atoms with E-state index >= 15 is 0 Å². The molecule has 0 atom stereocenters. The Bertz CT molecular complexity index is 855. The first-order chi connectivity index (χ1) is 12.2. The molecule has 1 heterocycles. The van der Waals surface area contributed by atoms with E-state index in [-0.39, 0.29) is 19.0 Å². The van der Waals surface area contributed by atoms with Gasteiger partial charge in [0.2, 0.25) is 5.89 Å². The molecular weight excluding hydrogens is 318 g/mol. The predicted octanol–water partition coefficient (Wildman–Crippen LogP) is 3.94. The molecule has 0 saturated heterocycles. The van der Waals surface area contributed by atoms with E-state index in [0.717, 1.165) is 16.7 Å². The summed E-state index contributed by atoms with van der Waals surface area (Å²) in [6, 6.07) is 15.3. The summed E-state index contributed by atoms with van der Waals surface area (Å²) in [5, 5.41) is 0. The lowest BCUT2D eigenvalue weighted by Gasteiger charge is -2.09. The topological polar surface area (TPSA) is 61.6 Å². The van der Waals surface area contributed by atoms with E-state index in [1.807, 2.05) is 55.5 Å². The van der Waals surface area contributed by atoms with Gasteiger partial charge in [0.25, 0.3) is 0 Å². The number of ether oxygens (including phenoxy) is 2. The van der Waals surface area contributed by atoms with Crippen molar-refractivity contribution in [2.75, 3.05) is 7.11 Å². The van der Waals surface area contributed by atoms with Crippen LogP contribution in [0.15, 0.2) is 59.1 Å². The molecule has 5 nitrogen and oxygen atoms in total. The Morgan fingerprint density at radius 1 is 1.16 bits per heavy atom. The van der Waals surface area contributed by atoms with Gasteiger partial charge in [0.05, 0.1) is 19.7 Å². The van der Waals surface area contributed by atoms with Crippen LogP contribution in [0.4, 0.5) is 0 Å². The highest BCUT2D eigenvalue weighted by Crippen LogP contribution is 2.22. The van der Waals surface area contributed by atoms with Crippen LogP contribution in [0.2, 0.25) is 0 Å². The van der Waals surface area contributed by atoms with Crippen LogP contribution in [0, 0.1) is 6.92 Å². The monoisotopic (exact) mass is 337 g/mol. The van der Waals surface area contributed by atoms with E-state index < -0.39 is 0 Å². The summed E-state index contributed by atoms with van der Waals surface area (Å²) < 4.78 is 16.2. The van der Waals surface area contributed by atoms with Crippen molar-refractivity contribution in [2.45, 2.75) is 20.0 Å². The van der Waals surface area contributed by atoms with E-state index in [4.69, 9.17) is 13.9 Å². The van der Waals surface area contributed by atoms with E-state index in [1.165, 1.54) is 0 Å². The first-order valence-electron chi connectivity index (χ1n) is 7.95. The Balaban J connectivity index is 1.60. The normalized spacial score (nSPS) is 10.5. The van der Waals surface area contributed by atoms with Crippen molar-refractivity contribution < 1.29 is 18.7 Å². The van der Waals surface area contributed by atoms with Gasteiger partial charge in [0.15, 0.2) is 12.4 Å². The molecule has 128 valence electrons. The number of nitrogens with zero attached hydrogens (tertiary/aromatic N) is 1. The Morgan fingerprint density at radius 3 is 2.72 bits per heavy atom. The lowest BCUT2D eigenvalue weighted by Crippen LogP contribution is -2.09.